The number of hydrogen-bond acceptors (Lipinski definition) is 4. The molecule has 1 unspecified atom stereocenters. The Hall–Kier alpha value is -4.33. The highest BCUT2D eigenvalue weighted by molar-refractivity contribution is 6.01. The van der Waals surface area contributed by atoms with Crippen LogP contribution in [0.2, 0.25) is 0 Å². The van der Waals surface area contributed by atoms with Crippen molar-refractivity contribution in [1.29, 1.82) is 0 Å². The van der Waals surface area contributed by atoms with Gasteiger partial charge in [-0.05, 0) is 49.6 Å². The topological polar surface area (TPSA) is 71.3 Å². The minimum atomic E-state index is -0.789. The maximum Gasteiger partial charge on any atom is 0.327 e. The Morgan fingerprint density at radius 3 is 2.31 bits per heavy atom. The zero-order chi connectivity index (χ0) is 24.7. The van der Waals surface area contributed by atoms with Crippen LogP contribution in [-0.4, -0.2) is 16.2 Å². The monoisotopic (exact) mass is 472 g/mol. The van der Waals surface area contributed by atoms with Gasteiger partial charge in [-0.3, -0.25) is 4.90 Å². The predicted molar refractivity (Wildman–Crippen MR) is 128 cm³/mol. The van der Waals surface area contributed by atoms with Gasteiger partial charge in [0, 0.05) is 17.3 Å². The van der Waals surface area contributed by atoms with Gasteiger partial charge in [0.15, 0.2) is 0 Å². The maximum atomic E-state index is 14.0. The first kappa shape index (κ1) is 22.5. The minimum absolute atomic E-state index is 0.0522. The molecule has 1 atom stereocenters. The number of nitrogens with zero attached hydrogens (tertiary/aromatic N) is 3. The van der Waals surface area contributed by atoms with Crippen molar-refractivity contribution in [2.75, 3.05) is 4.90 Å². The van der Waals surface area contributed by atoms with Gasteiger partial charge >= 0.3 is 6.03 Å². The van der Waals surface area contributed by atoms with E-state index in [0.717, 1.165) is 40.5 Å². The number of aromatic nitrogens is 2. The van der Waals surface area contributed by atoms with Gasteiger partial charge in [0.1, 0.15) is 11.6 Å². The number of amides is 2. The van der Waals surface area contributed by atoms with E-state index < -0.39 is 23.7 Å². The number of allylic oxidation sites excluding steroid dienone is 1. The van der Waals surface area contributed by atoms with Crippen LogP contribution < -0.4 is 10.2 Å². The molecule has 2 heterocycles. The molecule has 35 heavy (non-hydrogen) atoms. The number of carbonyl (C=O) groups is 1. The maximum absolute atomic E-state index is 14.0. The van der Waals surface area contributed by atoms with Crippen LogP contribution in [0.25, 0.3) is 17.0 Å². The molecular formula is C27H22F2N4O2. The van der Waals surface area contributed by atoms with Crippen LogP contribution in [0.4, 0.5) is 19.3 Å². The third kappa shape index (κ3) is 4.19. The van der Waals surface area contributed by atoms with Crippen molar-refractivity contribution in [3.05, 3.63) is 107 Å². The lowest BCUT2D eigenvalue weighted by atomic mass is 9.92. The molecule has 4 aromatic rings. The number of nitrogens with one attached hydrogen (secondary N) is 1. The zero-order valence-electron chi connectivity index (χ0n) is 19.3. The SMILES string of the molecule is CC1=C(c2nc(-c3ccccc3)no2)C(c2ccc(C)c(C)c2)NC(=O)N1c1cc(F)cc(F)c1. The molecule has 1 aliphatic rings. The Balaban J connectivity index is 1.69. The second kappa shape index (κ2) is 8.79. The number of urea groups is 1. The molecular weight excluding hydrogens is 450 g/mol. The van der Waals surface area contributed by atoms with E-state index in [-0.39, 0.29) is 11.6 Å². The Kier molecular flexibility index (Phi) is 5.64. The van der Waals surface area contributed by atoms with Crippen LogP contribution in [-0.2, 0) is 0 Å². The molecule has 1 aliphatic heterocycles. The summed E-state index contributed by atoms with van der Waals surface area (Å²) in [4.78, 5) is 19.0. The van der Waals surface area contributed by atoms with Gasteiger partial charge in [0.05, 0.1) is 17.3 Å². The number of aryl methyl sites for hydroxylation is 2. The van der Waals surface area contributed by atoms with Crippen LogP contribution in [0, 0.1) is 25.5 Å². The number of benzene rings is 3. The van der Waals surface area contributed by atoms with Gasteiger partial charge in [-0.1, -0.05) is 53.7 Å². The average Bonchev–Trinajstić information content (AvgIpc) is 3.30. The lowest BCUT2D eigenvalue weighted by Crippen LogP contribution is -2.46. The van der Waals surface area contributed by atoms with Crippen molar-refractivity contribution in [3.8, 4) is 11.4 Å². The first-order valence-electron chi connectivity index (χ1n) is 11.1. The van der Waals surface area contributed by atoms with E-state index in [1.165, 1.54) is 4.90 Å². The Morgan fingerprint density at radius 2 is 1.63 bits per heavy atom. The van der Waals surface area contributed by atoms with E-state index in [4.69, 9.17) is 4.52 Å². The average molecular weight is 472 g/mol. The number of hydrogen-bond donors (Lipinski definition) is 1. The number of halogens is 2. The molecule has 1 aromatic heterocycles. The molecule has 2 amide bonds. The largest absolute Gasteiger partial charge is 0.334 e. The van der Waals surface area contributed by atoms with Crippen molar-refractivity contribution < 1.29 is 18.1 Å². The summed E-state index contributed by atoms with van der Waals surface area (Å²) in [7, 11) is 0. The van der Waals surface area contributed by atoms with Crippen LogP contribution >= 0.6 is 0 Å². The van der Waals surface area contributed by atoms with E-state index in [0.29, 0.717) is 17.1 Å². The lowest BCUT2D eigenvalue weighted by molar-refractivity contribution is 0.244. The van der Waals surface area contributed by atoms with E-state index in [1.54, 1.807) is 6.92 Å². The molecule has 0 bridgehead atoms. The molecule has 5 rings (SSSR count). The summed E-state index contributed by atoms with van der Waals surface area (Å²) in [6.45, 7) is 5.68. The quantitative estimate of drug-likeness (QED) is 0.377. The summed E-state index contributed by atoms with van der Waals surface area (Å²) in [6.07, 6.45) is 0. The molecule has 176 valence electrons. The molecule has 0 spiro atoms. The normalized spacial score (nSPS) is 16.0. The van der Waals surface area contributed by atoms with Crippen molar-refractivity contribution >= 4 is 17.3 Å². The third-order valence-corrected chi connectivity index (χ3v) is 6.14. The molecule has 0 fully saturated rings. The molecule has 0 saturated heterocycles. The fraction of sp³-hybridized carbons (Fsp3) is 0.148. The number of rotatable bonds is 4. The summed E-state index contributed by atoms with van der Waals surface area (Å²) in [5.41, 5.74) is 4.76. The zero-order valence-corrected chi connectivity index (χ0v) is 19.3. The van der Waals surface area contributed by atoms with E-state index in [1.807, 2.05) is 62.4 Å². The third-order valence-electron chi connectivity index (χ3n) is 6.14. The van der Waals surface area contributed by atoms with Crippen molar-refractivity contribution in [2.45, 2.75) is 26.8 Å². The number of anilines is 1. The summed E-state index contributed by atoms with van der Waals surface area (Å²) >= 11 is 0. The fourth-order valence-electron chi connectivity index (χ4n) is 4.23. The molecule has 0 aliphatic carbocycles. The van der Waals surface area contributed by atoms with E-state index in [9.17, 15) is 13.6 Å². The van der Waals surface area contributed by atoms with Gasteiger partial charge in [-0.25, -0.2) is 13.6 Å². The van der Waals surface area contributed by atoms with E-state index in [2.05, 4.69) is 15.5 Å². The smallest absolute Gasteiger partial charge is 0.327 e. The Bertz CT molecular complexity index is 1440. The summed E-state index contributed by atoms with van der Waals surface area (Å²) in [6, 6.07) is 17.1. The second-order valence-electron chi connectivity index (χ2n) is 8.48. The van der Waals surface area contributed by atoms with Gasteiger partial charge < -0.3 is 9.84 Å². The van der Waals surface area contributed by atoms with Crippen LogP contribution in [0.15, 0.2) is 77.0 Å². The van der Waals surface area contributed by atoms with Crippen LogP contribution in [0.3, 0.4) is 0 Å². The first-order chi connectivity index (χ1) is 16.8. The second-order valence-corrected chi connectivity index (χ2v) is 8.48. The molecule has 8 heteroatoms. The van der Waals surface area contributed by atoms with Gasteiger partial charge in [-0.15, -0.1) is 0 Å². The van der Waals surface area contributed by atoms with Crippen molar-refractivity contribution in [2.24, 2.45) is 0 Å². The fourth-order valence-corrected chi connectivity index (χ4v) is 4.23. The molecule has 3 aromatic carbocycles. The van der Waals surface area contributed by atoms with Crippen molar-refractivity contribution in [1.82, 2.24) is 15.5 Å². The molecule has 0 saturated carbocycles. The van der Waals surface area contributed by atoms with Crippen molar-refractivity contribution in [3.63, 3.8) is 0 Å². The number of carbonyl (C=O) groups excluding carboxylic acids is 1. The minimum Gasteiger partial charge on any atom is -0.334 e. The van der Waals surface area contributed by atoms with E-state index >= 15 is 0 Å². The summed E-state index contributed by atoms with van der Waals surface area (Å²) in [5.74, 6) is -0.989. The molecule has 0 radical (unpaired) electrons. The van der Waals surface area contributed by atoms with Gasteiger partial charge in [-0.2, -0.15) is 4.98 Å². The highest BCUT2D eigenvalue weighted by Gasteiger charge is 2.37. The Morgan fingerprint density at radius 1 is 0.914 bits per heavy atom. The van der Waals surface area contributed by atoms with Gasteiger partial charge in [0.25, 0.3) is 5.89 Å². The molecule has 6 nitrogen and oxygen atoms in total. The molecule has 1 N–H and O–H groups in total. The summed E-state index contributed by atoms with van der Waals surface area (Å²) < 4.78 is 33.7. The first-order valence-corrected chi connectivity index (χ1v) is 11.1. The van der Waals surface area contributed by atoms with Crippen LogP contribution in [0.1, 0.15) is 35.5 Å². The highest BCUT2D eigenvalue weighted by atomic mass is 19.1. The summed E-state index contributed by atoms with van der Waals surface area (Å²) in [5, 5.41) is 7.08. The van der Waals surface area contributed by atoms with Gasteiger partial charge in [0.2, 0.25) is 5.82 Å². The Labute approximate surface area is 200 Å². The highest BCUT2D eigenvalue weighted by Crippen LogP contribution is 2.39. The predicted octanol–water partition coefficient (Wildman–Crippen LogP) is 6.33. The van der Waals surface area contributed by atoms with Crippen LogP contribution in [0.5, 0.6) is 0 Å². The standard InChI is InChI=1S/C27H22F2N4O2/c1-15-9-10-19(11-16(15)2)24-23(26-31-25(32-35-26)18-7-5-4-6-8-18)17(3)33(27(34)30-24)22-13-20(28)12-21(29)14-22/h4-14,24H,1-3H3,(H,30,34). The lowest BCUT2D eigenvalue weighted by Gasteiger charge is -2.35.